The molecule has 126 valence electrons. The molecular weight excluding hydrogens is 314 g/mol. The highest BCUT2D eigenvalue weighted by molar-refractivity contribution is 6.11. The summed E-state index contributed by atoms with van der Waals surface area (Å²) in [5, 5.41) is 5.41. The van der Waals surface area contributed by atoms with Crippen LogP contribution < -0.4 is 14.8 Å². The van der Waals surface area contributed by atoms with Crippen molar-refractivity contribution in [2.24, 2.45) is 0 Å². The molecule has 4 rings (SSSR count). The molecule has 1 aliphatic rings. The van der Waals surface area contributed by atoms with Crippen molar-refractivity contribution in [1.29, 1.82) is 0 Å². The Morgan fingerprint density at radius 3 is 2.52 bits per heavy atom. The van der Waals surface area contributed by atoms with Crippen molar-refractivity contribution in [3.05, 3.63) is 65.2 Å². The largest absolute Gasteiger partial charge is 0.497 e. The van der Waals surface area contributed by atoms with E-state index in [0.717, 1.165) is 23.9 Å². The Hall–Kier alpha value is -3.01. The fraction of sp³-hybridized carbons (Fsp3) is 0.190. The topological polar surface area (TPSA) is 47.6 Å². The van der Waals surface area contributed by atoms with E-state index in [-0.39, 0.29) is 5.91 Å². The molecule has 0 aromatic heterocycles. The summed E-state index contributed by atoms with van der Waals surface area (Å²) in [4.78, 5) is 12.8. The van der Waals surface area contributed by atoms with Crippen LogP contribution >= 0.6 is 0 Å². The summed E-state index contributed by atoms with van der Waals surface area (Å²) in [5.74, 6) is 0.944. The molecule has 0 aliphatic heterocycles. The van der Waals surface area contributed by atoms with Gasteiger partial charge in [0.25, 0.3) is 5.91 Å². The van der Waals surface area contributed by atoms with Crippen LogP contribution in [0.3, 0.4) is 0 Å². The standard InChI is InChI=1S/C21H19NO3/c1-24-15-9-10-17(19(12-15)25-2)21(23)22-18-11-8-14-7-6-13-4-3-5-16(18)20(13)14/h3-5,8-12H,6-7H2,1-2H3,(H,22,23). The fourth-order valence-corrected chi connectivity index (χ4v) is 3.53. The van der Waals surface area contributed by atoms with Gasteiger partial charge in [-0.3, -0.25) is 4.79 Å². The van der Waals surface area contributed by atoms with Crippen molar-refractivity contribution in [3.63, 3.8) is 0 Å². The highest BCUT2D eigenvalue weighted by atomic mass is 16.5. The molecule has 4 heteroatoms. The van der Waals surface area contributed by atoms with E-state index in [9.17, 15) is 4.79 Å². The van der Waals surface area contributed by atoms with Crippen LogP contribution in [0.4, 0.5) is 5.69 Å². The number of hydrogen-bond acceptors (Lipinski definition) is 3. The Bertz CT molecular complexity index is 968. The van der Waals surface area contributed by atoms with Gasteiger partial charge in [-0.2, -0.15) is 0 Å². The van der Waals surface area contributed by atoms with E-state index in [1.807, 2.05) is 6.07 Å². The summed E-state index contributed by atoms with van der Waals surface area (Å²) >= 11 is 0. The number of methoxy groups -OCH3 is 2. The molecule has 0 bridgehead atoms. The summed E-state index contributed by atoms with van der Waals surface area (Å²) < 4.78 is 10.5. The molecule has 0 radical (unpaired) electrons. The van der Waals surface area contributed by atoms with E-state index in [1.54, 1.807) is 32.4 Å². The van der Waals surface area contributed by atoms with Gasteiger partial charge in [0, 0.05) is 17.1 Å². The molecule has 3 aromatic rings. The molecule has 0 heterocycles. The highest BCUT2D eigenvalue weighted by Gasteiger charge is 2.18. The van der Waals surface area contributed by atoms with Crippen LogP contribution in [0.1, 0.15) is 21.5 Å². The number of rotatable bonds is 4. The average Bonchev–Trinajstić information content (AvgIpc) is 3.08. The maximum absolute atomic E-state index is 12.8. The Kier molecular flexibility index (Phi) is 3.80. The number of amides is 1. The molecule has 25 heavy (non-hydrogen) atoms. The van der Waals surface area contributed by atoms with Gasteiger partial charge in [0.1, 0.15) is 11.5 Å². The van der Waals surface area contributed by atoms with Gasteiger partial charge in [-0.15, -0.1) is 0 Å². The second kappa shape index (κ2) is 6.13. The zero-order valence-corrected chi connectivity index (χ0v) is 14.3. The van der Waals surface area contributed by atoms with E-state index in [1.165, 1.54) is 16.5 Å². The second-order valence-corrected chi connectivity index (χ2v) is 6.13. The zero-order chi connectivity index (χ0) is 17.4. The second-order valence-electron chi connectivity index (χ2n) is 6.13. The van der Waals surface area contributed by atoms with Crippen molar-refractivity contribution in [2.45, 2.75) is 12.8 Å². The molecule has 3 aromatic carbocycles. The number of carbonyl (C=O) groups is 1. The third kappa shape index (κ3) is 2.60. The van der Waals surface area contributed by atoms with Gasteiger partial charge in [0.2, 0.25) is 0 Å². The quantitative estimate of drug-likeness (QED) is 0.778. The first-order valence-corrected chi connectivity index (χ1v) is 8.28. The van der Waals surface area contributed by atoms with Gasteiger partial charge >= 0.3 is 0 Å². The lowest BCUT2D eigenvalue weighted by atomic mass is 10.0. The Morgan fingerprint density at radius 1 is 0.960 bits per heavy atom. The van der Waals surface area contributed by atoms with E-state index in [2.05, 4.69) is 29.6 Å². The lowest BCUT2D eigenvalue weighted by molar-refractivity contribution is 0.102. The van der Waals surface area contributed by atoms with Gasteiger partial charge in [0.05, 0.1) is 19.8 Å². The summed E-state index contributed by atoms with van der Waals surface area (Å²) in [7, 11) is 3.13. The monoisotopic (exact) mass is 333 g/mol. The van der Waals surface area contributed by atoms with Crippen LogP contribution in [-0.4, -0.2) is 20.1 Å². The zero-order valence-electron chi connectivity index (χ0n) is 14.3. The van der Waals surface area contributed by atoms with Crippen molar-refractivity contribution in [2.75, 3.05) is 19.5 Å². The van der Waals surface area contributed by atoms with Gasteiger partial charge in [0.15, 0.2) is 0 Å². The number of carbonyl (C=O) groups excluding carboxylic acids is 1. The minimum atomic E-state index is -0.196. The first kappa shape index (κ1) is 15.5. The molecule has 4 nitrogen and oxygen atoms in total. The lowest BCUT2D eigenvalue weighted by Crippen LogP contribution is -2.13. The molecule has 0 fully saturated rings. The average molecular weight is 333 g/mol. The molecule has 0 atom stereocenters. The molecule has 1 amide bonds. The first-order chi connectivity index (χ1) is 12.2. The fourth-order valence-electron chi connectivity index (χ4n) is 3.53. The van der Waals surface area contributed by atoms with Gasteiger partial charge in [-0.05, 0) is 47.6 Å². The minimum absolute atomic E-state index is 0.196. The minimum Gasteiger partial charge on any atom is -0.497 e. The van der Waals surface area contributed by atoms with Crippen molar-refractivity contribution < 1.29 is 14.3 Å². The van der Waals surface area contributed by atoms with Crippen molar-refractivity contribution >= 4 is 22.4 Å². The smallest absolute Gasteiger partial charge is 0.259 e. The Labute approximate surface area is 146 Å². The normalized spacial score (nSPS) is 12.2. The van der Waals surface area contributed by atoms with Crippen LogP contribution in [0.15, 0.2) is 48.5 Å². The van der Waals surface area contributed by atoms with Crippen molar-refractivity contribution in [3.8, 4) is 11.5 Å². The van der Waals surface area contributed by atoms with Gasteiger partial charge < -0.3 is 14.8 Å². The van der Waals surface area contributed by atoms with Crippen LogP contribution in [0.25, 0.3) is 10.8 Å². The molecule has 1 aliphatic carbocycles. The summed E-state index contributed by atoms with van der Waals surface area (Å²) in [6.07, 6.45) is 2.13. The number of anilines is 1. The number of nitrogens with one attached hydrogen (secondary N) is 1. The number of hydrogen-bond donors (Lipinski definition) is 1. The van der Waals surface area contributed by atoms with Crippen LogP contribution in [-0.2, 0) is 12.8 Å². The Balaban J connectivity index is 1.72. The maximum Gasteiger partial charge on any atom is 0.259 e. The van der Waals surface area contributed by atoms with Crippen LogP contribution in [0.2, 0.25) is 0 Å². The van der Waals surface area contributed by atoms with Crippen LogP contribution in [0.5, 0.6) is 11.5 Å². The SMILES string of the molecule is COc1ccc(C(=O)Nc2ccc3c4c(cccc24)CC3)c(OC)c1. The highest BCUT2D eigenvalue weighted by Crippen LogP contribution is 2.35. The van der Waals surface area contributed by atoms with Gasteiger partial charge in [-0.1, -0.05) is 24.3 Å². The molecule has 0 saturated heterocycles. The van der Waals surface area contributed by atoms with Crippen LogP contribution in [0, 0.1) is 0 Å². The summed E-state index contributed by atoms with van der Waals surface area (Å²) in [6, 6.07) is 15.6. The van der Waals surface area contributed by atoms with E-state index in [0.29, 0.717) is 17.1 Å². The predicted octanol–water partition coefficient (Wildman–Crippen LogP) is 4.21. The molecule has 0 unspecified atom stereocenters. The number of aryl methyl sites for hydroxylation is 2. The number of ether oxygens (including phenoxy) is 2. The first-order valence-electron chi connectivity index (χ1n) is 8.28. The summed E-state index contributed by atoms with van der Waals surface area (Å²) in [5.41, 5.74) is 4.01. The molecule has 1 N–H and O–H groups in total. The third-order valence-electron chi connectivity index (χ3n) is 4.78. The molecule has 0 spiro atoms. The van der Waals surface area contributed by atoms with E-state index in [4.69, 9.17) is 9.47 Å². The number of benzene rings is 3. The summed E-state index contributed by atoms with van der Waals surface area (Å²) in [6.45, 7) is 0. The van der Waals surface area contributed by atoms with Crippen molar-refractivity contribution in [1.82, 2.24) is 0 Å². The predicted molar refractivity (Wildman–Crippen MR) is 98.9 cm³/mol. The third-order valence-corrected chi connectivity index (χ3v) is 4.78. The molecular formula is C21H19NO3. The van der Waals surface area contributed by atoms with E-state index >= 15 is 0 Å². The Morgan fingerprint density at radius 2 is 1.76 bits per heavy atom. The molecule has 0 saturated carbocycles. The maximum atomic E-state index is 12.8. The lowest BCUT2D eigenvalue weighted by Gasteiger charge is -2.13. The van der Waals surface area contributed by atoms with E-state index < -0.39 is 0 Å². The van der Waals surface area contributed by atoms with Gasteiger partial charge in [-0.25, -0.2) is 0 Å².